The van der Waals surface area contributed by atoms with Crippen LogP contribution < -0.4 is 10.5 Å². The number of halogens is 1. The molecule has 0 unspecified atom stereocenters. The van der Waals surface area contributed by atoms with Gasteiger partial charge in [0.1, 0.15) is 12.4 Å². The van der Waals surface area contributed by atoms with Crippen LogP contribution >= 0.6 is 11.6 Å². The summed E-state index contributed by atoms with van der Waals surface area (Å²) in [4.78, 5) is 31.2. The molecule has 132 valence electrons. The average molecular weight is 368 g/mol. The molecule has 5 nitrogen and oxygen atoms in total. The first-order chi connectivity index (χ1) is 12.5. The maximum absolute atomic E-state index is 12.7. The highest BCUT2D eigenvalue weighted by Crippen LogP contribution is 2.21. The maximum Gasteiger partial charge on any atom is 0.254 e. The lowest BCUT2D eigenvalue weighted by molar-refractivity contribution is -0.118. The molecule has 0 aliphatic carbocycles. The van der Waals surface area contributed by atoms with Gasteiger partial charge >= 0.3 is 0 Å². The standard InChI is InChI=1S/C20H18ClN3O2/c1-14-11-18(25)24(20(22-14)15-7-6-8-16(21)12-15)13-19(26)23(2)17-9-4-3-5-10-17/h3-12H,13H2,1-2H3. The van der Waals surface area contributed by atoms with E-state index in [1.807, 2.05) is 36.4 Å². The van der Waals surface area contributed by atoms with Gasteiger partial charge in [-0.3, -0.25) is 14.2 Å². The van der Waals surface area contributed by atoms with E-state index in [2.05, 4.69) is 4.98 Å². The van der Waals surface area contributed by atoms with Crippen LogP contribution in [0.3, 0.4) is 0 Å². The molecular weight excluding hydrogens is 350 g/mol. The van der Waals surface area contributed by atoms with Gasteiger partial charge in [-0.15, -0.1) is 0 Å². The molecule has 0 saturated carbocycles. The largest absolute Gasteiger partial charge is 0.314 e. The predicted octanol–water partition coefficient (Wildman–Crippen LogP) is 3.54. The van der Waals surface area contributed by atoms with Gasteiger partial charge in [-0.2, -0.15) is 0 Å². The van der Waals surface area contributed by atoms with Crippen LogP contribution in [0.2, 0.25) is 5.02 Å². The molecule has 0 bridgehead atoms. The monoisotopic (exact) mass is 367 g/mol. The van der Waals surface area contributed by atoms with Crippen molar-refractivity contribution in [3.63, 3.8) is 0 Å². The molecule has 1 aromatic heterocycles. The fraction of sp³-hybridized carbons (Fsp3) is 0.150. The van der Waals surface area contributed by atoms with Crippen molar-refractivity contribution in [2.45, 2.75) is 13.5 Å². The second-order valence-electron chi connectivity index (χ2n) is 5.94. The van der Waals surface area contributed by atoms with Crippen molar-refractivity contribution in [3.05, 3.63) is 81.7 Å². The zero-order valence-corrected chi connectivity index (χ0v) is 15.3. The van der Waals surface area contributed by atoms with Crippen molar-refractivity contribution in [2.75, 3.05) is 11.9 Å². The number of likely N-dealkylation sites (N-methyl/N-ethyl adjacent to an activating group) is 1. The van der Waals surface area contributed by atoms with E-state index >= 15 is 0 Å². The second kappa shape index (κ2) is 7.54. The summed E-state index contributed by atoms with van der Waals surface area (Å²) >= 11 is 6.07. The Morgan fingerprint density at radius 1 is 1.12 bits per heavy atom. The van der Waals surface area contributed by atoms with E-state index in [-0.39, 0.29) is 18.0 Å². The summed E-state index contributed by atoms with van der Waals surface area (Å²) in [5.41, 5.74) is 1.76. The summed E-state index contributed by atoms with van der Waals surface area (Å²) in [6.45, 7) is 1.64. The van der Waals surface area contributed by atoms with Crippen molar-refractivity contribution < 1.29 is 4.79 Å². The summed E-state index contributed by atoms with van der Waals surface area (Å²) < 4.78 is 1.38. The summed E-state index contributed by atoms with van der Waals surface area (Å²) in [5.74, 6) is 0.208. The number of rotatable bonds is 4. The third-order valence-electron chi connectivity index (χ3n) is 4.03. The molecule has 0 fully saturated rings. The molecule has 0 spiro atoms. The molecular formula is C20H18ClN3O2. The number of para-hydroxylation sites is 1. The summed E-state index contributed by atoms with van der Waals surface area (Å²) in [6.07, 6.45) is 0. The number of hydrogen-bond acceptors (Lipinski definition) is 3. The number of hydrogen-bond donors (Lipinski definition) is 0. The summed E-state index contributed by atoms with van der Waals surface area (Å²) in [5, 5.41) is 0.539. The molecule has 0 aliphatic heterocycles. The lowest BCUT2D eigenvalue weighted by atomic mass is 10.2. The third-order valence-corrected chi connectivity index (χ3v) is 4.27. The zero-order valence-electron chi connectivity index (χ0n) is 14.5. The first-order valence-corrected chi connectivity index (χ1v) is 8.49. The minimum absolute atomic E-state index is 0.112. The first kappa shape index (κ1) is 17.9. The molecule has 0 N–H and O–H groups in total. The third kappa shape index (κ3) is 3.83. The molecule has 1 amide bonds. The van der Waals surface area contributed by atoms with Crippen molar-refractivity contribution in [2.24, 2.45) is 0 Å². The van der Waals surface area contributed by atoms with E-state index in [1.54, 1.807) is 32.2 Å². The highest BCUT2D eigenvalue weighted by molar-refractivity contribution is 6.30. The van der Waals surface area contributed by atoms with E-state index in [0.29, 0.717) is 22.1 Å². The lowest BCUT2D eigenvalue weighted by Gasteiger charge is -2.19. The Morgan fingerprint density at radius 3 is 2.54 bits per heavy atom. The molecule has 0 radical (unpaired) electrons. The van der Waals surface area contributed by atoms with Gasteiger partial charge < -0.3 is 4.90 Å². The fourth-order valence-corrected chi connectivity index (χ4v) is 2.85. The van der Waals surface area contributed by atoms with Gasteiger partial charge in [-0.05, 0) is 31.2 Å². The van der Waals surface area contributed by atoms with Crippen molar-refractivity contribution >= 4 is 23.2 Å². The number of aryl methyl sites for hydroxylation is 1. The summed E-state index contributed by atoms with van der Waals surface area (Å²) in [7, 11) is 1.68. The fourth-order valence-electron chi connectivity index (χ4n) is 2.66. The van der Waals surface area contributed by atoms with Crippen LogP contribution in [0.4, 0.5) is 5.69 Å². The lowest BCUT2D eigenvalue weighted by Crippen LogP contribution is -2.35. The van der Waals surface area contributed by atoms with E-state index in [4.69, 9.17) is 11.6 Å². The molecule has 0 saturated heterocycles. The van der Waals surface area contributed by atoms with Gasteiger partial charge in [-0.25, -0.2) is 4.98 Å². The Hall–Kier alpha value is -2.92. The van der Waals surface area contributed by atoms with Crippen molar-refractivity contribution in [1.29, 1.82) is 0 Å². The van der Waals surface area contributed by atoms with Gasteiger partial charge in [0.05, 0.1) is 0 Å². The zero-order chi connectivity index (χ0) is 18.7. The number of amides is 1. The van der Waals surface area contributed by atoms with Crippen molar-refractivity contribution in [1.82, 2.24) is 9.55 Å². The topological polar surface area (TPSA) is 55.2 Å². The predicted molar refractivity (Wildman–Crippen MR) is 104 cm³/mol. The Bertz CT molecular complexity index is 999. The molecule has 3 aromatic rings. The van der Waals surface area contributed by atoms with Gasteiger partial charge in [0.2, 0.25) is 5.91 Å². The quantitative estimate of drug-likeness (QED) is 0.708. The second-order valence-corrected chi connectivity index (χ2v) is 6.38. The number of anilines is 1. The van der Waals surface area contributed by atoms with Gasteiger partial charge in [0.25, 0.3) is 5.56 Å². The number of nitrogens with zero attached hydrogens (tertiary/aromatic N) is 3. The Kier molecular flexibility index (Phi) is 5.19. The smallest absolute Gasteiger partial charge is 0.254 e. The van der Waals surface area contributed by atoms with Crippen LogP contribution in [0.25, 0.3) is 11.4 Å². The molecule has 3 rings (SSSR count). The van der Waals surface area contributed by atoms with Crippen molar-refractivity contribution in [3.8, 4) is 11.4 Å². The van der Waals surface area contributed by atoms with Crippen LogP contribution in [0.5, 0.6) is 0 Å². The van der Waals surface area contributed by atoms with Crippen LogP contribution in [0.1, 0.15) is 5.69 Å². The number of carbonyl (C=O) groups is 1. The number of carbonyl (C=O) groups excluding carboxylic acids is 1. The maximum atomic E-state index is 12.7. The summed E-state index contributed by atoms with van der Waals surface area (Å²) in [6, 6.07) is 17.8. The molecule has 1 heterocycles. The first-order valence-electron chi connectivity index (χ1n) is 8.12. The highest BCUT2D eigenvalue weighted by Gasteiger charge is 2.16. The molecule has 6 heteroatoms. The minimum Gasteiger partial charge on any atom is -0.314 e. The van der Waals surface area contributed by atoms with Gasteiger partial charge in [0.15, 0.2) is 0 Å². The normalized spacial score (nSPS) is 10.6. The number of benzene rings is 2. The SMILES string of the molecule is Cc1cc(=O)n(CC(=O)N(C)c2ccccc2)c(-c2cccc(Cl)c2)n1. The van der Waals surface area contributed by atoms with Crippen LogP contribution in [-0.2, 0) is 11.3 Å². The van der Waals surface area contributed by atoms with Gasteiger partial charge in [0, 0.05) is 35.1 Å². The van der Waals surface area contributed by atoms with Gasteiger partial charge in [-0.1, -0.05) is 41.9 Å². The van der Waals surface area contributed by atoms with Crippen LogP contribution in [0.15, 0.2) is 65.5 Å². The highest BCUT2D eigenvalue weighted by atomic mass is 35.5. The molecule has 2 aromatic carbocycles. The van der Waals surface area contributed by atoms with E-state index in [0.717, 1.165) is 5.69 Å². The van der Waals surface area contributed by atoms with E-state index in [9.17, 15) is 9.59 Å². The van der Waals surface area contributed by atoms with Crippen LogP contribution in [0, 0.1) is 6.92 Å². The Balaban J connectivity index is 2.00. The van der Waals surface area contributed by atoms with E-state index < -0.39 is 0 Å². The molecule has 0 aliphatic rings. The van der Waals surface area contributed by atoms with Crippen LogP contribution in [-0.4, -0.2) is 22.5 Å². The Labute approximate surface area is 156 Å². The number of aromatic nitrogens is 2. The molecule has 0 atom stereocenters. The van der Waals surface area contributed by atoms with E-state index in [1.165, 1.54) is 15.5 Å². The average Bonchev–Trinajstić information content (AvgIpc) is 2.63. The Morgan fingerprint density at radius 2 is 1.85 bits per heavy atom. The molecule has 26 heavy (non-hydrogen) atoms. The minimum atomic E-state index is -0.276.